The van der Waals surface area contributed by atoms with E-state index in [0.717, 1.165) is 18.9 Å². The Morgan fingerprint density at radius 3 is 2.88 bits per heavy atom. The van der Waals surface area contributed by atoms with Gasteiger partial charge in [-0.1, -0.05) is 0 Å². The maximum atomic E-state index is 13.6. The lowest BCUT2D eigenvalue weighted by Gasteiger charge is -2.29. The highest BCUT2D eigenvalue weighted by molar-refractivity contribution is 5.67. The molecule has 94 valence electrons. The summed E-state index contributed by atoms with van der Waals surface area (Å²) in [6.07, 6.45) is 1.65. The zero-order valence-electron chi connectivity index (χ0n) is 9.67. The van der Waals surface area contributed by atoms with Crippen molar-refractivity contribution in [3.8, 4) is 0 Å². The SMILES string of the molecule is CC1CC(Nc2c(N)ccc(F)c2F)CCO1. The molecule has 2 atom stereocenters. The molecule has 2 unspecified atom stereocenters. The molecule has 1 fully saturated rings. The van der Waals surface area contributed by atoms with Gasteiger partial charge in [0.25, 0.3) is 0 Å². The van der Waals surface area contributed by atoms with Crippen LogP contribution in [0.25, 0.3) is 0 Å². The minimum absolute atomic E-state index is 0.0594. The molecule has 1 saturated heterocycles. The third kappa shape index (κ3) is 2.66. The predicted molar refractivity (Wildman–Crippen MR) is 62.8 cm³/mol. The summed E-state index contributed by atoms with van der Waals surface area (Å²) < 4.78 is 32.1. The van der Waals surface area contributed by atoms with Gasteiger partial charge >= 0.3 is 0 Å². The van der Waals surface area contributed by atoms with Gasteiger partial charge in [0.05, 0.1) is 17.5 Å². The van der Waals surface area contributed by atoms with Crippen LogP contribution in [0.5, 0.6) is 0 Å². The number of hydrogen-bond donors (Lipinski definition) is 2. The molecule has 3 N–H and O–H groups in total. The molecule has 0 radical (unpaired) electrons. The van der Waals surface area contributed by atoms with Crippen molar-refractivity contribution in [3.05, 3.63) is 23.8 Å². The zero-order valence-corrected chi connectivity index (χ0v) is 9.67. The molecule has 5 heteroatoms. The number of benzene rings is 1. The first-order chi connectivity index (χ1) is 8.08. The first-order valence-corrected chi connectivity index (χ1v) is 5.69. The molecule has 1 aromatic carbocycles. The number of ether oxygens (including phenoxy) is 1. The van der Waals surface area contributed by atoms with Crippen LogP contribution in [0.1, 0.15) is 19.8 Å². The van der Waals surface area contributed by atoms with Gasteiger partial charge in [-0.25, -0.2) is 8.78 Å². The van der Waals surface area contributed by atoms with Crippen LogP contribution in [0, 0.1) is 11.6 Å². The summed E-state index contributed by atoms with van der Waals surface area (Å²) in [6, 6.07) is 2.46. The summed E-state index contributed by atoms with van der Waals surface area (Å²) in [6.45, 7) is 2.58. The van der Waals surface area contributed by atoms with E-state index in [2.05, 4.69) is 5.32 Å². The van der Waals surface area contributed by atoms with E-state index in [0.29, 0.717) is 6.61 Å². The minimum Gasteiger partial charge on any atom is -0.397 e. The number of nitrogen functional groups attached to an aromatic ring is 1. The quantitative estimate of drug-likeness (QED) is 0.783. The second-order valence-electron chi connectivity index (χ2n) is 4.37. The standard InChI is InChI=1S/C12H16F2N2O/c1-7-6-8(4-5-17-7)16-12-10(15)3-2-9(13)11(12)14/h2-3,7-8,16H,4-6,15H2,1H3. The molecule has 0 aromatic heterocycles. The van der Waals surface area contributed by atoms with Gasteiger partial charge in [0, 0.05) is 12.6 Å². The summed E-state index contributed by atoms with van der Waals surface area (Å²) in [5.41, 5.74) is 5.93. The van der Waals surface area contributed by atoms with Crippen LogP contribution in [-0.2, 0) is 4.74 Å². The second kappa shape index (κ2) is 4.87. The van der Waals surface area contributed by atoms with E-state index < -0.39 is 11.6 Å². The maximum Gasteiger partial charge on any atom is 0.183 e. The fourth-order valence-electron chi connectivity index (χ4n) is 2.05. The highest BCUT2D eigenvalue weighted by atomic mass is 19.2. The Bertz CT molecular complexity index is 412. The van der Waals surface area contributed by atoms with Gasteiger partial charge in [-0.15, -0.1) is 0 Å². The predicted octanol–water partition coefficient (Wildman–Crippen LogP) is 2.53. The Morgan fingerprint density at radius 2 is 2.18 bits per heavy atom. The van der Waals surface area contributed by atoms with Crippen LogP contribution in [-0.4, -0.2) is 18.8 Å². The van der Waals surface area contributed by atoms with Crippen molar-refractivity contribution in [3.63, 3.8) is 0 Å². The van der Waals surface area contributed by atoms with Gasteiger partial charge < -0.3 is 15.8 Å². The van der Waals surface area contributed by atoms with E-state index in [4.69, 9.17) is 10.5 Å². The molecule has 1 aromatic rings. The number of rotatable bonds is 2. The third-order valence-corrected chi connectivity index (χ3v) is 2.96. The lowest BCUT2D eigenvalue weighted by atomic mass is 10.0. The van der Waals surface area contributed by atoms with Crippen molar-refractivity contribution < 1.29 is 13.5 Å². The smallest absolute Gasteiger partial charge is 0.183 e. The van der Waals surface area contributed by atoms with Crippen LogP contribution < -0.4 is 11.1 Å². The Kier molecular flexibility index (Phi) is 3.47. The Balaban J connectivity index is 2.15. The summed E-state index contributed by atoms with van der Waals surface area (Å²) >= 11 is 0. The third-order valence-electron chi connectivity index (χ3n) is 2.96. The Labute approximate surface area is 98.9 Å². The molecule has 0 amide bonds. The molecular weight excluding hydrogens is 226 g/mol. The number of nitrogens with one attached hydrogen (secondary N) is 1. The normalized spacial score (nSPS) is 24.6. The number of halogens is 2. The van der Waals surface area contributed by atoms with Crippen molar-refractivity contribution in [2.45, 2.75) is 31.9 Å². The molecular formula is C12H16F2N2O. The topological polar surface area (TPSA) is 47.3 Å². The minimum atomic E-state index is -0.913. The van der Waals surface area contributed by atoms with Gasteiger partial charge in [0.15, 0.2) is 11.6 Å². The van der Waals surface area contributed by atoms with Gasteiger partial charge in [-0.3, -0.25) is 0 Å². The van der Waals surface area contributed by atoms with Gasteiger partial charge in [-0.05, 0) is 31.9 Å². The summed E-state index contributed by atoms with van der Waals surface area (Å²) in [7, 11) is 0. The van der Waals surface area contributed by atoms with Crippen LogP contribution in [0.2, 0.25) is 0 Å². The molecule has 0 aliphatic carbocycles. The molecule has 1 aliphatic rings. The summed E-state index contributed by atoms with van der Waals surface area (Å²) in [5.74, 6) is -1.80. The zero-order chi connectivity index (χ0) is 12.4. The maximum absolute atomic E-state index is 13.6. The Morgan fingerprint density at radius 1 is 1.41 bits per heavy atom. The Hall–Kier alpha value is -1.36. The number of hydrogen-bond acceptors (Lipinski definition) is 3. The molecule has 0 saturated carbocycles. The van der Waals surface area contributed by atoms with E-state index in [1.807, 2.05) is 6.92 Å². The molecule has 2 rings (SSSR count). The molecule has 1 heterocycles. The van der Waals surface area contributed by atoms with E-state index in [-0.39, 0.29) is 23.5 Å². The molecule has 1 aliphatic heterocycles. The van der Waals surface area contributed by atoms with E-state index in [9.17, 15) is 8.78 Å². The fourth-order valence-corrected chi connectivity index (χ4v) is 2.05. The van der Waals surface area contributed by atoms with Crippen molar-refractivity contribution in [2.24, 2.45) is 0 Å². The first-order valence-electron chi connectivity index (χ1n) is 5.69. The monoisotopic (exact) mass is 242 g/mol. The van der Waals surface area contributed by atoms with Crippen molar-refractivity contribution >= 4 is 11.4 Å². The highest BCUT2D eigenvalue weighted by Crippen LogP contribution is 2.27. The van der Waals surface area contributed by atoms with E-state index in [1.165, 1.54) is 6.07 Å². The number of nitrogens with two attached hydrogens (primary N) is 1. The number of anilines is 2. The second-order valence-corrected chi connectivity index (χ2v) is 4.37. The van der Waals surface area contributed by atoms with Crippen molar-refractivity contribution in [1.29, 1.82) is 0 Å². The van der Waals surface area contributed by atoms with Crippen LogP contribution in [0.4, 0.5) is 20.2 Å². The fraction of sp³-hybridized carbons (Fsp3) is 0.500. The molecule has 17 heavy (non-hydrogen) atoms. The van der Waals surface area contributed by atoms with Crippen molar-refractivity contribution in [1.82, 2.24) is 0 Å². The lowest BCUT2D eigenvalue weighted by Crippen LogP contribution is -2.33. The van der Waals surface area contributed by atoms with Crippen LogP contribution in [0.3, 0.4) is 0 Å². The average molecular weight is 242 g/mol. The summed E-state index contributed by atoms with van der Waals surface area (Å²) in [4.78, 5) is 0. The van der Waals surface area contributed by atoms with Crippen LogP contribution in [0.15, 0.2) is 12.1 Å². The largest absolute Gasteiger partial charge is 0.397 e. The average Bonchev–Trinajstić information content (AvgIpc) is 2.30. The highest BCUT2D eigenvalue weighted by Gasteiger charge is 2.21. The van der Waals surface area contributed by atoms with Gasteiger partial charge in [0.2, 0.25) is 0 Å². The molecule has 3 nitrogen and oxygen atoms in total. The lowest BCUT2D eigenvalue weighted by molar-refractivity contribution is 0.0232. The van der Waals surface area contributed by atoms with Gasteiger partial charge in [-0.2, -0.15) is 0 Å². The van der Waals surface area contributed by atoms with E-state index >= 15 is 0 Å². The van der Waals surface area contributed by atoms with Crippen molar-refractivity contribution in [2.75, 3.05) is 17.7 Å². The molecule has 0 spiro atoms. The molecule has 0 bridgehead atoms. The van der Waals surface area contributed by atoms with Crippen LogP contribution >= 0.6 is 0 Å². The first kappa shape index (κ1) is 12.1. The van der Waals surface area contributed by atoms with E-state index in [1.54, 1.807) is 0 Å². The summed E-state index contributed by atoms with van der Waals surface area (Å²) in [5, 5.41) is 2.97. The van der Waals surface area contributed by atoms with Gasteiger partial charge in [0.1, 0.15) is 0 Å².